The van der Waals surface area contributed by atoms with Crippen LogP contribution < -0.4 is 10.6 Å². The molecule has 1 aromatic heterocycles. The number of hydrogen-bond donors (Lipinski definition) is 3. The lowest BCUT2D eigenvalue weighted by Crippen LogP contribution is -2.36. The third-order valence-electron chi connectivity index (χ3n) is 4.26. The molecule has 0 amide bonds. The number of piperidine rings is 1. The maximum Gasteiger partial charge on any atom is 0.245 e. The van der Waals surface area contributed by atoms with Crippen LogP contribution in [0.5, 0.6) is 5.75 Å². The van der Waals surface area contributed by atoms with Gasteiger partial charge in [0.05, 0.1) is 0 Å². The average molecular weight is 287 g/mol. The Labute approximate surface area is 124 Å². The zero-order valence-corrected chi connectivity index (χ0v) is 12.2. The number of nitrogens with two attached hydrogens (primary N) is 1. The third kappa shape index (κ3) is 2.71. The number of aromatic nitrogens is 3. The van der Waals surface area contributed by atoms with Gasteiger partial charge in [-0.05, 0) is 38.3 Å². The molecule has 6 nitrogen and oxygen atoms in total. The number of nitrogens with one attached hydrogen (secondary N) is 1. The minimum Gasteiger partial charge on any atom is -0.508 e. The number of anilines is 1. The summed E-state index contributed by atoms with van der Waals surface area (Å²) in [5.74, 6) is 2.31. The highest BCUT2D eigenvalue weighted by Crippen LogP contribution is 2.28. The van der Waals surface area contributed by atoms with Crippen LogP contribution in [0.2, 0.25) is 0 Å². The van der Waals surface area contributed by atoms with Gasteiger partial charge >= 0.3 is 0 Å². The van der Waals surface area contributed by atoms with Gasteiger partial charge in [-0.15, -0.1) is 5.10 Å². The number of aromatic hydroxyl groups is 1. The van der Waals surface area contributed by atoms with Gasteiger partial charge in [-0.25, -0.2) is 0 Å². The quantitative estimate of drug-likeness (QED) is 0.798. The van der Waals surface area contributed by atoms with Gasteiger partial charge in [-0.2, -0.15) is 4.98 Å². The van der Waals surface area contributed by atoms with E-state index in [9.17, 15) is 5.11 Å². The topological polar surface area (TPSA) is 91.1 Å². The molecule has 1 aliphatic rings. The van der Waals surface area contributed by atoms with Crippen LogP contribution in [0.4, 0.5) is 5.95 Å². The molecular weight excluding hydrogens is 266 g/mol. The second-order valence-corrected chi connectivity index (χ2v) is 5.60. The van der Waals surface area contributed by atoms with Crippen LogP contribution >= 0.6 is 0 Å². The van der Waals surface area contributed by atoms with Crippen molar-refractivity contribution in [2.75, 3.05) is 24.5 Å². The number of phenols is 1. The molecule has 21 heavy (non-hydrogen) atoms. The lowest BCUT2D eigenvalue weighted by molar-refractivity contribution is 0.411. The average Bonchev–Trinajstić information content (AvgIpc) is 3.00. The maximum absolute atomic E-state index is 9.79. The number of aromatic amines is 1. The first-order chi connectivity index (χ1) is 10.2. The van der Waals surface area contributed by atoms with Gasteiger partial charge in [0.2, 0.25) is 5.95 Å². The number of hydrogen-bond acceptors (Lipinski definition) is 5. The van der Waals surface area contributed by atoms with Crippen LogP contribution in [0.3, 0.4) is 0 Å². The minimum absolute atomic E-state index is 0.272. The molecule has 0 bridgehead atoms. The van der Waals surface area contributed by atoms with Crippen molar-refractivity contribution in [3.8, 4) is 17.1 Å². The van der Waals surface area contributed by atoms with E-state index < -0.39 is 0 Å². The molecule has 2 aromatic rings. The SMILES string of the molecule is Cc1c(O)cccc1-c1nc(N2CCC(CN)CC2)n[nH]1. The summed E-state index contributed by atoms with van der Waals surface area (Å²) in [4.78, 5) is 6.76. The van der Waals surface area contributed by atoms with Gasteiger partial charge < -0.3 is 15.7 Å². The highest BCUT2D eigenvalue weighted by molar-refractivity contribution is 5.64. The largest absolute Gasteiger partial charge is 0.508 e. The van der Waals surface area contributed by atoms with Crippen molar-refractivity contribution in [3.63, 3.8) is 0 Å². The predicted molar refractivity (Wildman–Crippen MR) is 82.2 cm³/mol. The van der Waals surface area contributed by atoms with Crippen molar-refractivity contribution in [2.45, 2.75) is 19.8 Å². The standard InChI is InChI=1S/C15H21N5O/c1-10-12(3-2-4-13(10)21)14-17-15(19-18-14)20-7-5-11(9-16)6-8-20/h2-4,11,21H,5-9,16H2,1H3,(H,17,18,19). The van der Waals surface area contributed by atoms with Gasteiger partial charge in [0.15, 0.2) is 5.82 Å². The van der Waals surface area contributed by atoms with Crippen LogP contribution in [0.25, 0.3) is 11.4 Å². The van der Waals surface area contributed by atoms with E-state index in [2.05, 4.69) is 20.1 Å². The summed E-state index contributed by atoms with van der Waals surface area (Å²) in [6, 6.07) is 5.42. The van der Waals surface area contributed by atoms with E-state index in [0.29, 0.717) is 11.7 Å². The van der Waals surface area contributed by atoms with Crippen LogP contribution in [0.1, 0.15) is 18.4 Å². The highest BCUT2D eigenvalue weighted by atomic mass is 16.3. The summed E-state index contributed by atoms with van der Waals surface area (Å²) in [7, 11) is 0. The monoisotopic (exact) mass is 287 g/mol. The first kappa shape index (κ1) is 13.9. The number of H-pyrrole nitrogens is 1. The van der Waals surface area contributed by atoms with Crippen LogP contribution in [0.15, 0.2) is 18.2 Å². The van der Waals surface area contributed by atoms with E-state index in [-0.39, 0.29) is 5.75 Å². The number of rotatable bonds is 3. The van der Waals surface area contributed by atoms with E-state index in [0.717, 1.165) is 49.6 Å². The Morgan fingerprint density at radius 3 is 2.86 bits per heavy atom. The Balaban J connectivity index is 1.79. The second kappa shape index (κ2) is 5.73. The van der Waals surface area contributed by atoms with Crippen molar-refractivity contribution in [1.29, 1.82) is 0 Å². The number of benzene rings is 1. The molecule has 0 radical (unpaired) electrons. The lowest BCUT2D eigenvalue weighted by atomic mass is 9.97. The molecule has 0 aliphatic carbocycles. The minimum atomic E-state index is 0.272. The molecule has 112 valence electrons. The summed E-state index contributed by atoms with van der Waals surface area (Å²) in [6.45, 7) is 4.52. The molecule has 2 heterocycles. The van der Waals surface area contributed by atoms with E-state index in [1.165, 1.54) is 0 Å². The molecular formula is C15H21N5O. The van der Waals surface area contributed by atoms with Crippen LogP contribution in [0, 0.1) is 12.8 Å². The van der Waals surface area contributed by atoms with Gasteiger partial charge in [0, 0.05) is 24.2 Å². The molecule has 0 unspecified atom stereocenters. The Bertz CT molecular complexity index is 616. The molecule has 1 aliphatic heterocycles. The summed E-state index contributed by atoms with van der Waals surface area (Å²) in [5, 5.41) is 17.1. The van der Waals surface area contributed by atoms with Crippen molar-refractivity contribution in [3.05, 3.63) is 23.8 Å². The van der Waals surface area contributed by atoms with Gasteiger partial charge in [0.1, 0.15) is 5.75 Å². The maximum atomic E-state index is 9.79. The van der Waals surface area contributed by atoms with Gasteiger partial charge in [-0.3, -0.25) is 5.10 Å². The zero-order chi connectivity index (χ0) is 14.8. The lowest BCUT2D eigenvalue weighted by Gasteiger charge is -2.30. The van der Waals surface area contributed by atoms with Crippen molar-refractivity contribution in [2.24, 2.45) is 11.7 Å². The van der Waals surface area contributed by atoms with E-state index >= 15 is 0 Å². The first-order valence-electron chi connectivity index (χ1n) is 7.35. The summed E-state index contributed by atoms with van der Waals surface area (Å²) >= 11 is 0. The van der Waals surface area contributed by atoms with Crippen LogP contribution in [-0.2, 0) is 0 Å². The summed E-state index contributed by atoms with van der Waals surface area (Å²) < 4.78 is 0. The highest BCUT2D eigenvalue weighted by Gasteiger charge is 2.21. The Kier molecular flexibility index (Phi) is 3.79. The molecule has 1 aromatic carbocycles. The Morgan fingerprint density at radius 2 is 2.14 bits per heavy atom. The molecule has 0 atom stereocenters. The molecule has 0 saturated carbocycles. The zero-order valence-electron chi connectivity index (χ0n) is 12.2. The van der Waals surface area contributed by atoms with Crippen molar-refractivity contribution >= 4 is 5.95 Å². The Morgan fingerprint density at radius 1 is 1.38 bits per heavy atom. The molecule has 1 fully saturated rings. The molecule has 1 saturated heterocycles. The first-order valence-corrected chi connectivity index (χ1v) is 7.35. The molecule has 4 N–H and O–H groups in total. The van der Waals surface area contributed by atoms with Crippen molar-refractivity contribution < 1.29 is 5.11 Å². The predicted octanol–water partition coefficient (Wildman–Crippen LogP) is 1.66. The summed E-state index contributed by atoms with van der Waals surface area (Å²) in [6.07, 6.45) is 2.18. The second-order valence-electron chi connectivity index (χ2n) is 5.60. The number of phenolic OH excluding ortho intramolecular Hbond substituents is 1. The van der Waals surface area contributed by atoms with Gasteiger partial charge in [0.25, 0.3) is 0 Å². The number of nitrogens with zero attached hydrogens (tertiary/aromatic N) is 3. The normalized spacial score (nSPS) is 16.4. The van der Waals surface area contributed by atoms with E-state index in [1.54, 1.807) is 6.07 Å². The van der Waals surface area contributed by atoms with Crippen molar-refractivity contribution in [1.82, 2.24) is 15.2 Å². The fraction of sp³-hybridized carbons (Fsp3) is 0.467. The molecule has 0 spiro atoms. The molecule has 6 heteroatoms. The smallest absolute Gasteiger partial charge is 0.245 e. The fourth-order valence-electron chi connectivity index (χ4n) is 2.76. The van der Waals surface area contributed by atoms with E-state index in [1.807, 2.05) is 19.1 Å². The van der Waals surface area contributed by atoms with E-state index in [4.69, 9.17) is 5.73 Å². The fourth-order valence-corrected chi connectivity index (χ4v) is 2.76. The summed E-state index contributed by atoms with van der Waals surface area (Å²) in [5.41, 5.74) is 7.41. The van der Waals surface area contributed by atoms with Gasteiger partial charge in [-0.1, -0.05) is 12.1 Å². The molecule has 3 rings (SSSR count). The Hall–Kier alpha value is -2.08. The van der Waals surface area contributed by atoms with Crippen LogP contribution in [-0.4, -0.2) is 39.9 Å². The third-order valence-corrected chi connectivity index (χ3v) is 4.26.